The Kier molecular flexibility index (Phi) is 3.46. The molecule has 19 heavy (non-hydrogen) atoms. The Labute approximate surface area is 107 Å². The van der Waals surface area contributed by atoms with Gasteiger partial charge in [-0.25, -0.2) is 0 Å². The summed E-state index contributed by atoms with van der Waals surface area (Å²) in [5.74, 6) is 0. The monoisotopic (exact) mass is 291 g/mol. The van der Waals surface area contributed by atoms with E-state index in [1.807, 2.05) is 0 Å². The number of halogens is 3. The van der Waals surface area contributed by atoms with Gasteiger partial charge in [-0.15, -0.1) is 0 Å². The van der Waals surface area contributed by atoms with Gasteiger partial charge < -0.3 is 0 Å². The summed E-state index contributed by atoms with van der Waals surface area (Å²) in [4.78, 5) is 3.47. The zero-order valence-corrected chi connectivity index (χ0v) is 10.2. The fourth-order valence-corrected chi connectivity index (χ4v) is 2.55. The zero-order chi connectivity index (χ0) is 14.1. The number of hydrogen-bond donors (Lipinski definition) is 0. The van der Waals surface area contributed by atoms with Crippen LogP contribution in [0.15, 0.2) is 41.4 Å². The van der Waals surface area contributed by atoms with Crippen LogP contribution < -0.4 is 0 Å². The zero-order valence-electron chi connectivity index (χ0n) is 9.39. The van der Waals surface area contributed by atoms with Crippen molar-refractivity contribution in [3.63, 3.8) is 0 Å². The van der Waals surface area contributed by atoms with Crippen molar-refractivity contribution in [2.45, 2.75) is 11.1 Å². The van der Waals surface area contributed by atoms with Gasteiger partial charge in [0.2, 0.25) is 0 Å². The molecule has 0 N–H and O–H groups in total. The molecule has 0 aliphatic carbocycles. The maximum absolute atomic E-state index is 12.0. The standard InChI is InChI=1S/C11H8F3NO3S/c12-11(13,14)7-18-19(16,17)9-5-1-3-8-4-2-6-15-10(8)9/h1-6H,7H2. The lowest BCUT2D eigenvalue weighted by atomic mass is 10.2. The van der Waals surface area contributed by atoms with E-state index in [0.29, 0.717) is 5.39 Å². The molecule has 0 saturated carbocycles. The summed E-state index contributed by atoms with van der Waals surface area (Å²) in [7, 11) is -4.50. The Morgan fingerprint density at radius 3 is 2.53 bits per heavy atom. The Morgan fingerprint density at radius 2 is 1.84 bits per heavy atom. The summed E-state index contributed by atoms with van der Waals surface area (Å²) < 4.78 is 63.5. The van der Waals surface area contributed by atoms with Crippen molar-refractivity contribution in [2.24, 2.45) is 0 Å². The third-order valence-corrected chi connectivity index (χ3v) is 3.54. The number of para-hydroxylation sites is 1. The lowest BCUT2D eigenvalue weighted by Gasteiger charge is -2.09. The van der Waals surface area contributed by atoms with Crippen molar-refractivity contribution in [2.75, 3.05) is 6.61 Å². The van der Waals surface area contributed by atoms with Crippen molar-refractivity contribution in [1.82, 2.24) is 4.98 Å². The Bertz CT molecular complexity index is 692. The highest BCUT2D eigenvalue weighted by Crippen LogP contribution is 2.24. The number of aromatic nitrogens is 1. The highest BCUT2D eigenvalue weighted by Gasteiger charge is 2.32. The molecule has 1 aromatic carbocycles. The van der Waals surface area contributed by atoms with E-state index in [1.165, 1.54) is 12.3 Å². The van der Waals surface area contributed by atoms with Crippen molar-refractivity contribution in [1.29, 1.82) is 0 Å². The van der Waals surface area contributed by atoms with Gasteiger partial charge in [0.05, 0.1) is 5.52 Å². The largest absolute Gasteiger partial charge is 0.413 e. The predicted octanol–water partition coefficient (Wildman–Crippen LogP) is 2.50. The molecule has 2 rings (SSSR count). The van der Waals surface area contributed by atoms with Gasteiger partial charge in [-0.1, -0.05) is 18.2 Å². The third-order valence-electron chi connectivity index (χ3n) is 2.24. The van der Waals surface area contributed by atoms with Gasteiger partial charge in [0.1, 0.15) is 4.90 Å². The summed E-state index contributed by atoms with van der Waals surface area (Å²) in [6.07, 6.45) is -3.36. The van der Waals surface area contributed by atoms with Crippen LogP contribution in [0.2, 0.25) is 0 Å². The second-order valence-electron chi connectivity index (χ2n) is 3.66. The number of rotatable bonds is 3. The molecule has 4 nitrogen and oxygen atoms in total. The fourth-order valence-electron chi connectivity index (χ4n) is 1.49. The first kappa shape index (κ1) is 13.8. The van der Waals surface area contributed by atoms with Crippen molar-refractivity contribution in [3.05, 3.63) is 36.5 Å². The molecule has 102 valence electrons. The van der Waals surface area contributed by atoms with Crippen LogP contribution in [-0.4, -0.2) is 26.2 Å². The number of pyridine rings is 1. The Balaban J connectivity index is 2.44. The second kappa shape index (κ2) is 4.78. The van der Waals surface area contributed by atoms with E-state index in [4.69, 9.17) is 0 Å². The van der Waals surface area contributed by atoms with Crippen LogP contribution in [-0.2, 0) is 14.3 Å². The van der Waals surface area contributed by atoms with E-state index in [-0.39, 0.29) is 10.4 Å². The molecule has 0 amide bonds. The van der Waals surface area contributed by atoms with Crippen LogP contribution >= 0.6 is 0 Å². The van der Waals surface area contributed by atoms with Crippen molar-refractivity contribution < 1.29 is 25.8 Å². The number of nitrogens with zero attached hydrogens (tertiary/aromatic N) is 1. The summed E-state index contributed by atoms with van der Waals surface area (Å²) in [6.45, 7) is -1.86. The van der Waals surface area contributed by atoms with Crippen LogP contribution in [0.4, 0.5) is 13.2 Å². The maximum atomic E-state index is 12.0. The van der Waals surface area contributed by atoms with E-state index in [9.17, 15) is 21.6 Å². The molecule has 0 aliphatic rings. The molecule has 1 aromatic heterocycles. The Hall–Kier alpha value is -1.67. The quantitative estimate of drug-likeness (QED) is 0.815. The normalized spacial score (nSPS) is 12.8. The first-order valence-electron chi connectivity index (χ1n) is 5.09. The van der Waals surface area contributed by atoms with E-state index in [2.05, 4.69) is 9.17 Å². The molecule has 0 fully saturated rings. The van der Waals surface area contributed by atoms with E-state index in [0.717, 1.165) is 6.07 Å². The summed E-state index contributed by atoms with van der Waals surface area (Å²) in [5.41, 5.74) is 0.0761. The van der Waals surface area contributed by atoms with Gasteiger partial charge in [0, 0.05) is 11.6 Å². The second-order valence-corrected chi connectivity index (χ2v) is 5.25. The Morgan fingerprint density at radius 1 is 1.16 bits per heavy atom. The van der Waals surface area contributed by atoms with E-state index >= 15 is 0 Å². The van der Waals surface area contributed by atoms with Crippen LogP contribution in [0.5, 0.6) is 0 Å². The summed E-state index contributed by atoms with van der Waals surface area (Å²) in [5, 5.41) is 0.499. The minimum absolute atomic E-state index is 0.0761. The smallest absolute Gasteiger partial charge is 0.257 e. The summed E-state index contributed by atoms with van der Waals surface area (Å²) in [6, 6.07) is 7.36. The summed E-state index contributed by atoms with van der Waals surface area (Å²) >= 11 is 0. The van der Waals surface area contributed by atoms with Gasteiger partial charge in [0.25, 0.3) is 10.1 Å². The van der Waals surface area contributed by atoms with E-state index in [1.54, 1.807) is 18.2 Å². The van der Waals surface area contributed by atoms with E-state index < -0.39 is 22.9 Å². The molecule has 0 saturated heterocycles. The number of alkyl halides is 3. The molecule has 0 bridgehead atoms. The number of fused-ring (bicyclic) bond motifs is 1. The van der Waals surface area contributed by atoms with Crippen LogP contribution in [0.3, 0.4) is 0 Å². The molecule has 0 atom stereocenters. The highest BCUT2D eigenvalue weighted by molar-refractivity contribution is 7.87. The fraction of sp³-hybridized carbons (Fsp3) is 0.182. The maximum Gasteiger partial charge on any atom is 0.413 e. The third kappa shape index (κ3) is 3.21. The molecule has 8 heteroatoms. The molecule has 0 aliphatic heterocycles. The number of benzene rings is 1. The van der Waals surface area contributed by atoms with Gasteiger partial charge in [-0.3, -0.25) is 9.17 Å². The number of hydrogen-bond acceptors (Lipinski definition) is 4. The van der Waals surface area contributed by atoms with Gasteiger partial charge >= 0.3 is 6.18 Å². The highest BCUT2D eigenvalue weighted by atomic mass is 32.2. The molecule has 0 radical (unpaired) electrons. The molecule has 0 spiro atoms. The van der Waals surface area contributed by atoms with Crippen molar-refractivity contribution >= 4 is 21.0 Å². The van der Waals surface area contributed by atoms with Crippen LogP contribution in [0.25, 0.3) is 10.9 Å². The van der Waals surface area contributed by atoms with Gasteiger partial charge in [0.15, 0.2) is 6.61 Å². The molecule has 0 unspecified atom stereocenters. The predicted molar refractivity (Wildman–Crippen MR) is 60.9 cm³/mol. The minimum atomic E-state index is -4.72. The van der Waals surface area contributed by atoms with Crippen LogP contribution in [0.1, 0.15) is 0 Å². The lowest BCUT2D eigenvalue weighted by molar-refractivity contribution is -0.152. The molecular formula is C11H8F3NO3S. The average molecular weight is 291 g/mol. The van der Waals surface area contributed by atoms with Crippen molar-refractivity contribution in [3.8, 4) is 0 Å². The van der Waals surface area contributed by atoms with Gasteiger partial charge in [-0.2, -0.15) is 21.6 Å². The molecule has 1 heterocycles. The van der Waals surface area contributed by atoms with Crippen LogP contribution in [0, 0.1) is 0 Å². The first-order valence-corrected chi connectivity index (χ1v) is 6.50. The van der Waals surface area contributed by atoms with Gasteiger partial charge in [-0.05, 0) is 12.1 Å². The topological polar surface area (TPSA) is 56.3 Å². The molecule has 2 aromatic rings. The minimum Gasteiger partial charge on any atom is -0.257 e. The average Bonchev–Trinajstić information content (AvgIpc) is 2.35. The lowest BCUT2D eigenvalue weighted by Crippen LogP contribution is -2.20. The SMILES string of the molecule is O=S(=O)(OCC(F)(F)F)c1cccc2cccnc12. The first-order chi connectivity index (χ1) is 8.80. The molecular weight excluding hydrogens is 283 g/mol.